The summed E-state index contributed by atoms with van der Waals surface area (Å²) in [5.74, 6) is 0. The standard InChI is InChI=1S/C17H20N2/c1-2-8-17(7-1,13-15-3-9-18-10-4-15)14-16-5-11-19-12-6-16/h3-6,9-12H,1-2,7-8,13-14H2. The third-order valence-electron chi connectivity index (χ3n) is 4.32. The fraction of sp³-hybridized carbons (Fsp3) is 0.412. The second-order valence-electron chi connectivity index (χ2n) is 5.77. The molecule has 98 valence electrons. The Morgan fingerprint density at radius 1 is 0.737 bits per heavy atom. The molecule has 1 aliphatic carbocycles. The maximum atomic E-state index is 4.12. The van der Waals surface area contributed by atoms with Gasteiger partial charge in [-0.3, -0.25) is 9.97 Å². The molecule has 2 aromatic heterocycles. The van der Waals surface area contributed by atoms with Gasteiger partial charge in [0.1, 0.15) is 0 Å². The van der Waals surface area contributed by atoms with E-state index < -0.39 is 0 Å². The van der Waals surface area contributed by atoms with Crippen molar-refractivity contribution in [2.75, 3.05) is 0 Å². The van der Waals surface area contributed by atoms with Crippen LogP contribution in [0.3, 0.4) is 0 Å². The fourth-order valence-electron chi connectivity index (χ4n) is 3.41. The predicted molar refractivity (Wildman–Crippen MR) is 76.8 cm³/mol. The van der Waals surface area contributed by atoms with Crippen molar-refractivity contribution in [3.8, 4) is 0 Å². The second kappa shape index (κ2) is 5.52. The normalized spacial score (nSPS) is 17.5. The third-order valence-corrected chi connectivity index (χ3v) is 4.32. The highest BCUT2D eigenvalue weighted by Gasteiger charge is 2.33. The zero-order chi connectivity index (χ0) is 13.0. The average Bonchev–Trinajstić information content (AvgIpc) is 2.89. The van der Waals surface area contributed by atoms with E-state index in [1.165, 1.54) is 49.7 Å². The molecule has 0 bridgehead atoms. The van der Waals surface area contributed by atoms with Crippen LogP contribution in [0.2, 0.25) is 0 Å². The zero-order valence-corrected chi connectivity index (χ0v) is 11.3. The molecule has 1 aliphatic rings. The Hall–Kier alpha value is -1.70. The second-order valence-corrected chi connectivity index (χ2v) is 5.77. The number of aromatic nitrogens is 2. The SMILES string of the molecule is c1cc(CC2(Cc3ccncc3)CCCC2)ccn1. The molecule has 0 aliphatic heterocycles. The van der Waals surface area contributed by atoms with Crippen LogP contribution in [-0.4, -0.2) is 9.97 Å². The minimum absolute atomic E-state index is 0.447. The summed E-state index contributed by atoms with van der Waals surface area (Å²) in [4.78, 5) is 8.24. The molecule has 0 aromatic carbocycles. The Labute approximate surface area is 114 Å². The van der Waals surface area contributed by atoms with E-state index in [4.69, 9.17) is 0 Å². The maximum absolute atomic E-state index is 4.12. The monoisotopic (exact) mass is 252 g/mol. The molecule has 19 heavy (non-hydrogen) atoms. The molecule has 0 atom stereocenters. The maximum Gasteiger partial charge on any atom is 0.0270 e. The molecule has 0 saturated heterocycles. The van der Waals surface area contributed by atoms with Crippen molar-refractivity contribution in [3.63, 3.8) is 0 Å². The lowest BCUT2D eigenvalue weighted by molar-refractivity contribution is 0.291. The van der Waals surface area contributed by atoms with Crippen molar-refractivity contribution in [2.45, 2.75) is 38.5 Å². The number of nitrogens with zero attached hydrogens (tertiary/aromatic N) is 2. The van der Waals surface area contributed by atoms with Crippen molar-refractivity contribution < 1.29 is 0 Å². The predicted octanol–water partition coefficient (Wildman–Crippen LogP) is 3.82. The van der Waals surface area contributed by atoms with E-state index in [1.54, 1.807) is 0 Å². The lowest BCUT2D eigenvalue weighted by Gasteiger charge is -2.29. The molecule has 2 aromatic rings. The van der Waals surface area contributed by atoms with Crippen LogP contribution in [0.25, 0.3) is 0 Å². The highest BCUT2D eigenvalue weighted by atomic mass is 14.6. The molecule has 0 amide bonds. The zero-order valence-electron chi connectivity index (χ0n) is 11.3. The van der Waals surface area contributed by atoms with Gasteiger partial charge in [-0.2, -0.15) is 0 Å². The molecular weight excluding hydrogens is 232 g/mol. The van der Waals surface area contributed by atoms with Gasteiger partial charge in [0.25, 0.3) is 0 Å². The van der Waals surface area contributed by atoms with E-state index in [0.717, 1.165) is 0 Å². The molecule has 0 radical (unpaired) electrons. The van der Waals surface area contributed by atoms with E-state index in [9.17, 15) is 0 Å². The largest absolute Gasteiger partial charge is 0.265 e. The van der Waals surface area contributed by atoms with Crippen LogP contribution in [-0.2, 0) is 12.8 Å². The first-order valence-corrected chi connectivity index (χ1v) is 7.14. The van der Waals surface area contributed by atoms with Crippen molar-refractivity contribution in [1.82, 2.24) is 9.97 Å². The first kappa shape index (κ1) is 12.3. The van der Waals surface area contributed by atoms with Crippen molar-refractivity contribution in [1.29, 1.82) is 0 Å². The van der Waals surface area contributed by atoms with Crippen molar-refractivity contribution in [2.24, 2.45) is 5.41 Å². The van der Waals surface area contributed by atoms with Crippen molar-refractivity contribution >= 4 is 0 Å². The molecule has 0 spiro atoms. The smallest absolute Gasteiger partial charge is 0.0270 e. The van der Waals surface area contributed by atoms with Gasteiger partial charge in [-0.1, -0.05) is 12.8 Å². The van der Waals surface area contributed by atoms with E-state index in [-0.39, 0.29) is 0 Å². The van der Waals surface area contributed by atoms with Gasteiger partial charge in [-0.15, -0.1) is 0 Å². The van der Waals surface area contributed by atoms with Gasteiger partial charge < -0.3 is 0 Å². The van der Waals surface area contributed by atoms with Gasteiger partial charge in [0, 0.05) is 24.8 Å². The Morgan fingerprint density at radius 3 is 1.58 bits per heavy atom. The Balaban J connectivity index is 1.79. The Morgan fingerprint density at radius 2 is 1.16 bits per heavy atom. The van der Waals surface area contributed by atoms with Gasteiger partial charge in [0.2, 0.25) is 0 Å². The van der Waals surface area contributed by atoms with Crippen LogP contribution in [0.5, 0.6) is 0 Å². The quantitative estimate of drug-likeness (QED) is 0.826. The van der Waals surface area contributed by atoms with E-state index in [2.05, 4.69) is 34.2 Å². The van der Waals surface area contributed by atoms with Crippen LogP contribution < -0.4 is 0 Å². The summed E-state index contributed by atoms with van der Waals surface area (Å²) in [6.07, 6.45) is 15.4. The topological polar surface area (TPSA) is 25.8 Å². The summed E-state index contributed by atoms with van der Waals surface area (Å²) in [5, 5.41) is 0. The summed E-state index contributed by atoms with van der Waals surface area (Å²) in [7, 11) is 0. The molecule has 1 fully saturated rings. The van der Waals surface area contributed by atoms with Gasteiger partial charge in [0.15, 0.2) is 0 Å². The summed E-state index contributed by atoms with van der Waals surface area (Å²) < 4.78 is 0. The first-order valence-electron chi connectivity index (χ1n) is 7.14. The lowest BCUT2D eigenvalue weighted by atomic mass is 9.75. The highest BCUT2D eigenvalue weighted by Crippen LogP contribution is 2.43. The fourth-order valence-corrected chi connectivity index (χ4v) is 3.41. The van der Waals surface area contributed by atoms with E-state index in [1.807, 2.05) is 24.8 Å². The third kappa shape index (κ3) is 3.01. The van der Waals surface area contributed by atoms with Crippen LogP contribution >= 0.6 is 0 Å². The molecule has 0 N–H and O–H groups in total. The van der Waals surface area contributed by atoms with Crippen molar-refractivity contribution in [3.05, 3.63) is 60.2 Å². The lowest BCUT2D eigenvalue weighted by Crippen LogP contribution is -2.23. The summed E-state index contributed by atoms with van der Waals surface area (Å²) >= 11 is 0. The molecule has 0 unspecified atom stereocenters. The van der Waals surface area contributed by atoms with Gasteiger partial charge in [0.05, 0.1) is 0 Å². The summed E-state index contributed by atoms with van der Waals surface area (Å²) in [5.41, 5.74) is 3.29. The number of rotatable bonds is 4. The summed E-state index contributed by atoms with van der Waals surface area (Å²) in [6, 6.07) is 8.64. The molecule has 3 rings (SSSR count). The molecule has 2 heterocycles. The van der Waals surface area contributed by atoms with E-state index in [0.29, 0.717) is 5.41 Å². The van der Waals surface area contributed by atoms with Crippen LogP contribution in [0, 0.1) is 5.41 Å². The number of hydrogen-bond acceptors (Lipinski definition) is 2. The molecule has 2 nitrogen and oxygen atoms in total. The van der Waals surface area contributed by atoms with Crippen LogP contribution in [0.4, 0.5) is 0 Å². The molecule has 2 heteroatoms. The minimum Gasteiger partial charge on any atom is -0.265 e. The van der Waals surface area contributed by atoms with Crippen LogP contribution in [0.1, 0.15) is 36.8 Å². The van der Waals surface area contributed by atoms with Gasteiger partial charge >= 0.3 is 0 Å². The molecular formula is C17H20N2. The minimum atomic E-state index is 0.447. The van der Waals surface area contributed by atoms with Gasteiger partial charge in [-0.25, -0.2) is 0 Å². The highest BCUT2D eigenvalue weighted by molar-refractivity contribution is 5.18. The Bertz CT molecular complexity index is 458. The Kier molecular flexibility index (Phi) is 3.58. The number of hydrogen-bond donors (Lipinski definition) is 0. The van der Waals surface area contributed by atoms with Crippen LogP contribution in [0.15, 0.2) is 49.1 Å². The molecule has 1 saturated carbocycles. The van der Waals surface area contributed by atoms with Gasteiger partial charge in [-0.05, 0) is 66.5 Å². The number of pyridine rings is 2. The van der Waals surface area contributed by atoms with E-state index >= 15 is 0 Å². The average molecular weight is 252 g/mol. The summed E-state index contributed by atoms with van der Waals surface area (Å²) in [6.45, 7) is 0. The first-order chi connectivity index (χ1) is 9.36.